The number of nitrogens with one attached hydrogen (secondary N) is 1. The van der Waals surface area contributed by atoms with Crippen LogP contribution in [0.2, 0.25) is 0 Å². The normalized spacial score (nSPS) is 20.4. The van der Waals surface area contributed by atoms with Crippen LogP contribution < -0.4 is 5.32 Å². The summed E-state index contributed by atoms with van der Waals surface area (Å²) in [6.45, 7) is 2.43. The fraction of sp³-hybridized carbons (Fsp3) is 0.583. The van der Waals surface area contributed by atoms with Crippen LogP contribution in [0.1, 0.15) is 24.4 Å². The Balaban J connectivity index is 2.04. The van der Waals surface area contributed by atoms with Gasteiger partial charge in [0.15, 0.2) is 0 Å². The number of aliphatic carboxylic acids is 1. The lowest BCUT2D eigenvalue weighted by molar-refractivity contribution is -0.141. The average Bonchev–Trinajstić information content (AvgIpc) is 2.98. The second-order valence-corrected chi connectivity index (χ2v) is 6.48. The van der Waals surface area contributed by atoms with Gasteiger partial charge in [-0.3, -0.25) is 0 Å². The maximum atomic E-state index is 12.3. The van der Waals surface area contributed by atoms with Gasteiger partial charge >= 0.3 is 12.0 Å². The molecule has 0 saturated carbocycles. The summed E-state index contributed by atoms with van der Waals surface area (Å²) in [6.07, 6.45) is 2.42. The lowest BCUT2D eigenvalue weighted by Gasteiger charge is -2.33. The molecule has 2 unspecified atom stereocenters. The molecule has 2 rings (SSSR count). The van der Waals surface area contributed by atoms with Crippen molar-refractivity contribution in [2.75, 3.05) is 18.1 Å². The Bertz CT molecular complexity index is 467. The number of carbonyl (C=O) groups is 2. The molecular formula is C12H17N3O3S2. The molecule has 2 heterocycles. The van der Waals surface area contributed by atoms with Gasteiger partial charge in [-0.15, -0.1) is 11.3 Å². The van der Waals surface area contributed by atoms with E-state index in [1.165, 1.54) is 16.2 Å². The van der Waals surface area contributed by atoms with Gasteiger partial charge < -0.3 is 15.3 Å². The van der Waals surface area contributed by atoms with Crippen molar-refractivity contribution in [3.63, 3.8) is 0 Å². The number of thiazole rings is 1. The minimum absolute atomic E-state index is 0.161. The molecule has 6 nitrogen and oxygen atoms in total. The van der Waals surface area contributed by atoms with Crippen LogP contribution in [0.4, 0.5) is 4.79 Å². The van der Waals surface area contributed by atoms with E-state index in [-0.39, 0.29) is 12.1 Å². The predicted octanol–water partition coefficient (Wildman–Crippen LogP) is 1.81. The van der Waals surface area contributed by atoms with E-state index in [4.69, 9.17) is 0 Å². The fourth-order valence-electron chi connectivity index (χ4n) is 2.03. The highest BCUT2D eigenvalue weighted by molar-refractivity contribution is 7.99. The van der Waals surface area contributed by atoms with E-state index in [1.807, 2.05) is 12.3 Å². The number of carboxylic acid groups (broad SMARTS) is 1. The molecule has 2 amide bonds. The summed E-state index contributed by atoms with van der Waals surface area (Å²) in [4.78, 5) is 29.1. The van der Waals surface area contributed by atoms with Crippen molar-refractivity contribution in [1.82, 2.24) is 15.2 Å². The Morgan fingerprint density at radius 2 is 2.45 bits per heavy atom. The molecule has 1 aromatic rings. The zero-order valence-corrected chi connectivity index (χ0v) is 12.7. The zero-order valence-electron chi connectivity index (χ0n) is 11.1. The summed E-state index contributed by atoms with van der Waals surface area (Å²) in [7, 11) is 0. The molecule has 1 aromatic heterocycles. The van der Waals surface area contributed by atoms with Gasteiger partial charge in [-0.25, -0.2) is 14.6 Å². The van der Waals surface area contributed by atoms with Crippen LogP contribution in [0.5, 0.6) is 0 Å². The molecule has 2 N–H and O–H groups in total. The summed E-state index contributed by atoms with van der Waals surface area (Å²) in [5, 5.41) is 14.8. The Kier molecular flexibility index (Phi) is 5.24. The van der Waals surface area contributed by atoms with Gasteiger partial charge in [0.25, 0.3) is 0 Å². The first-order valence-electron chi connectivity index (χ1n) is 6.40. The van der Waals surface area contributed by atoms with Gasteiger partial charge in [0.1, 0.15) is 11.0 Å². The number of carbonyl (C=O) groups excluding carboxylic acids is 1. The van der Waals surface area contributed by atoms with Crippen molar-refractivity contribution in [3.05, 3.63) is 16.6 Å². The highest BCUT2D eigenvalue weighted by Crippen LogP contribution is 2.21. The van der Waals surface area contributed by atoms with E-state index in [2.05, 4.69) is 10.3 Å². The zero-order chi connectivity index (χ0) is 14.5. The lowest BCUT2D eigenvalue weighted by Crippen LogP contribution is -2.54. The van der Waals surface area contributed by atoms with E-state index in [0.29, 0.717) is 12.3 Å². The Morgan fingerprint density at radius 3 is 3.05 bits per heavy atom. The summed E-state index contributed by atoms with van der Waals surface area (Å²) < 4.78 is 0. The third-order valence-electron chi connectivity index (χ3n) is 3.13. The minimum atomic E-state index is -0.949. The summed E-state index contributed by atoms with van der Waals surface area (Å²) in [6, 6.07) is -1.23. The Morgan fingerprint density at radius 1 is 1.65 bits per heavy atom. The third kappa shape index (κ3) is 3.43. The first kappa shape index (κ1) is 15.1. The standard InChI is InChI=1S/C12H17N3O3S2/c1-2-8(10-13-3-5-20-10)14-12(18)15-4-6-19-7-9(15)11(16)17/h3,5,8-9H,2,4,6-7H2,1H3,(H,14,18)(H,16,17). The van der Waals surface area contributed by atoms with E-state index >= 15 is 0 Å². The van der Waals surface area contributed by atoms with Crippen molar-refractivity contribution in [3.8, 4) is 0 Å². The first-order chi connectivity index (χ1) is 9.63. The summed E-state index contributed by atoms with van der Waals surface area (Å²) in [5.74, 6) is 0.261. The van der Waals surface area contributed by atoms with Crippen molar-refractivity contribution in [2.24, 2.45) is 0 Å². The molecule has 1 fully saturated rings. The van der Waals surface area contributed by atoms with E-state index in [9.17, 15) is 14.7 Å². The smallest absolute Gasteiger partial charge is 0.327 e. The number of amides is 2. The number of rotatable bonds is 4. The molecule has 1 saturated heterocycles. The maximum absolute atomic E-state index is 12.3. The maximum Gasteiger partial charge on any atom is 0.327 e. The van der Waals surface area contributed by atoms with Crippen molar-refractivity contribution in [1.29, 1.82) is 0 Å². The Labute approximate surface area is 125 Å². The van der Waals surface area contributed by atoms with Crippen LogP contribution in [0.3, 0.4) is 0 Å². The van der Waals surface area contributed by atoms with Crippen LogP contribution in [0.25, 0.3) is 0 Å². The number of urea groups is 1. The monoisotopic (exact) mass is 315 g/mol. The number of carboxylic acids is 1. The molecular weight excluding hydrogens is 298 g/mol. The molecule has 0 aliphatic carbocycles. The first-order valence-corrected chi connectivity index (χ1v) is 8.44. The van der Waals surface area contributed by atoms with Crippen LogP contribution in [-0.4, -0.2) is 51.1 Å². The SMILES string of the molecule is CCC(NC(=O)N1CCSCC1C(=O)O)c1nccs1. The highest BCUT2D eigenvalue weighted by atomic mass is 32.2. The van der Waals surface area contributed by atoms with Gasteiger partial charge in [0.2, 0.25) is 0 Å². The van der Waals surface area contributed by atoms with Gasteiger partial charge in [0, 0.05) is 29.6 Å². The minimum Gasteiger partial charge on any atom is -0.480 e. The second kappa shape index (κ2) is 6.94. The molecule has 0 bridgehead atoms. The molecule has 0 radical (unpaired) electrons. The van der Waals surface area contributed by atoms with Gasteiger partial charge in [-0.1, -0.05) is 6.92 Å². The molecule has 0 spiro atoms. The van der Waals surface area contributed by atoms with Crippen molar-refractivity contribution in [2.45, 2.75) is 25.4 Å². The molecule has 0 aromatic carbocycles. The highest BCUT2D eigenvalue weighted by Gasteiger charge is 2.33. The fourth-order valence-corrected chi connectivity index (χ4v) is 3.84. The second-order valence-electron chi connectivity index (χ2n) is 4.40. The van der Waals surface area contributed by atoms with E-state index in [0.717, 1.165) is 17.2 Å². The van der Waals surface area contributed by atoms with E-state index < -0.39 is 12.0 Å². The van der Waals surface area contributed by atoms with Crippen LogP contribution in [0, 0.1) is 0 Å². The van der Waals surface area contributed by atoms with Gasteiger partial charge in [-0.2, -0.15) is 11.8 Å². The lowest BCUT2D eigenvalue weighted by atomic mass is 10.2. The quantitative estimate of drug-likeness (QED) is 0.885. The largest absolute Gasteiger partial charge is 0.480 e. The number of aromatic nitrogens is 1. The van der Waals surface area contributed by atoms with Crippen molar-refractivity contribution >= 4 is 35.1 Å². The van der Waals surface area contributed by atoms with Gasteiger partial charge in [0.05, 0.1) is 6.04 Å². The number of hydrogen-bond donors (Lipinski definition) is 2. The Hall–Kier alpha value is -1.28. The van der Waals surface area contributed by atoms with Crippen LogP contribution in [0.15, 0.2) is 11.6 Å². The average molecular weight is 315 g/mol. The molecule has 2 atom stereocenters. The third-order valence-corrected chi connectivity index (χ3v) is 5.04. The molecule has 1 aliphatic rings. The van der Waals surface area contributed by atoms with Crippen molar-refractivity contribution < 1.29 is 14.7 Å². The molecule has 20 heavy (non-hydrogen) atoms. The molecule has 1 aliphatic heterocycles. The van der Waals surface area contributed by atoms with Crippen LogP contribution in [-0.2, 0) is 4.79 Å². The van der Waals surface area contributed by atoms with E-state index in [1.54, 1.807) is 18.0 Å². The topological polar surface area (TPSA) is 82.5 Å². The number of hydrogen-bond acceptors (Lipinski definition) is 5. The molecule has 110 valence electrons. The molecule has 8 heteroatoms. The number of thioether (sulfide) groups is 1. The summed E-state index contributed by atoms with van der Waals surface area (Å²) >= 11 is 3.05. The summed E-state index contributed by atoms with van der Waals surface area (Å²) in [5.41, 5.74) is 0. The number of nitrogens with zero attached hydrogens (tertiary/aromatic N) is 2. The van der Waals surface area contributed by atoms with Crippen LogP contribution >= 0.6 is 23.1 Å². The predicted molar refractivity (Wildman–Crippen MR) is 79.1 cm³/mol. The van der Waals surface area contributed by atoms with Gasteiger partial charge in [-0.05, 0) is 6.42 Å².